The van der Waals surface area contributed by atoms with Gasteiger partial charge in [0.05, 0.1) is 37.8 Å². The van der Waals surface area contributed by atoms with Crippen molar-refractivity contribution in [1.29, 1.82) is 0 Å². The summed E-state index contributed by atoms with van der Waals surface area (Å²) in [7, 11) is 4.63. The fraction of sp³-hybridized carbons (Fsp3) is 0.231. The van der Waals surface area contributed by atoms with E-state index in [0.717, 1.165) is 11.1 Å². The summed E-state index contributed by atoms with van der Waals surface area (Å²) in [5.74, 6) is 1.34. The number of amides is 1. The van der Waals surface area contributed by atoms with Crippen molar-refractivity contribution in [1.82, 2.24) is 5.32 Å². The number of ether oxygens (including phenoxy) is 4. The van der Waals surface area contributed by atoms with Gasteiger partial charge in [-0.25, -0.2) is 4.79 Å². The highest BCUT2D eigenvalue weighted by atomic mass is 79.9. The van der Waals surface area contributed by atoms with Crippen LogP contribution in [0.5, 0.6) is 23.0 Å². The highest BCUT2D eigenvalue weighted by Crippen LogP contribution is 2.37. The van der Waals surface area contributed by atoms with Crippen LogP contribution in [0.1, 0.15) is 21.5 Å². The van der Waals surface area contributed by atoms with E-state index in [1.165, 1.54) is 7.11 Å². The zero-order valence-corrected chi connectivity index (χ0v) is 20.8. The summed E-state index contributed by atoms with van der Waals surface area (Å²) in [5.41, 5.74) is 2.18. The summed E-state index contributed by atoms with van der Waals surface area (Å²) in [5, 5.41) is 2.92. The van der Waals surface area contributed by atoms with Crippen LogP contribution in [0.15, 0.2) is 65.1 Å². The second-order valence-corrected chi connectivity index (χ2v) is 8.08. The van der Waals surface area contributed by atoms with E-state index in [0.29, 0.717) is 46.0 Å². The van der Waals surface area contributed by atoms with Crippen molar-refractivity contribution in [2.75, 3.05) is 27.9 Å². The van der Waals surface area contributed by atoms with E-state index in [2.05, 4.69) is 21.2 Å². The molecule has 0 aliphatic heterocycles. The summed E-state index contributed by atoms with van der Waals surface area (Å²) in [6.07, 6.45) is 0.779. The minimum absolute atomic E-state index is 0.117. The number of nitrogens with one attached hydrogen (secondary N) is 1. The number of carbonyl (C=O) groups excluding carboxylic acids is 2. The number of hydrogen-bond acceptors (Lipinski definition) is 6. The molecule has 0 bridgehead atoms. The van der Waals surface area contributed by atoms with Gasteiger partial charge in [-0.1, -0.05) is 30.3 Å². The molecule has 0 saturated carbocycles. The smallest absolute Gasteiger partial charge is 0.343 e. The zero-order chi connectivity index (χ0) is 24.5. The Bertz CT molecular complexity index is 1150. The largest absolute Gasteiger partial charge is 0.493 e. The van der Waals surface area contributed by atoms with Gasteiger partial charge in [0.2, 0.25) is 5.91 Å². The first-order valence-corrected chi connectivity index (χ1v) is 11.4. The number of carbonyl (C=O) groups is 2. The van der Waals surface area contributed by atoms with Gasteiger partial charge < -0.3 is 24.3 Å². The molecule has 8 heteroatoms. The third-order valence-corrected chi connectivity index (χ3v) is 5.96. The van der Waals surface area contributed by atoms with Gasteiger partial charge in [0, 0.05) is 6.54 Å². The first-order chi connectivity index (χ1) is 16.5. The molecule has 0 spiro atoms. The van der Waals surface area contributed by atoms with Crippen LogP contribution in [0.4, 0.5) is 0 Å². The minimum atomic E-state index is -0.458. The predicted octanol–water partition coefficient (Wildman–Crippen LogP) is 4.60. The van der Waals surface area contributed by atoms with E-state index in [-0.39, 0.29) is 12.3 Å². The van der Waals surface area contributed by atoms with E-state index in [4.69, 9.17) is 18.9 Å². The molecule has 34 heavy (non-hydrogen) atoms. The number of methoxy groups -OCH3 is 3. The monoisotopic (exact) mass is 527 g/mol. The first kappa shape index (κ1) is 25.1. The maximum absolute atomic E-state index is 12.5. The number of esters is 1. The molecule has 178 valence electrons. The molecule has 0 atom stereocenters. The Balaban J connectivity index is 1.56. The number of rotatable bonds is 10. The molecule has 1 N–H and O–H groups in total. The SMILES string of the molecule is COc1cc(CCNC(=O)Cc2ccc(OC)c(OC)c2Br)ccc1OC(=O)c1ccccc1. The topological polar surface area (TPSA) is 83.1 Å². The van der Waals surface area contributed by atoms with Crippen LogP contribution < -0.4 is 24.3 Å². The van der Waals surface area contributed by atoms with E-state index < -0.39 is 5.97 Å². The summed E-state index contributed by atoms with van der Waals surface area (Å²) >= 11 is 3.49. The number of halogens is 1. The van der Waals surface area contributed by atoms with Gasteiger partial charge in [-0.15, -0.1) is 0 Å². The lowest BCUT2D eigenvalue weighted by Crippen LogP contribution is -2.27. The second kappa shape index (κ2) is 12.1. The van der Waals surface area contributed by atoms with Crippen molar-refractivity contribution in [3.63, 3.8) is 0 Å². The molecular formula is C26H26BrNO6. The van der Waals surface area contributed by atoms with E-state index in [1.54, 1.807) is 56.7 Å². The van der Waals surface area contributed by atoms with Gasteiger partial charge in [0.15, 0.2) is 23.0 Å². The van der Waals surface area contributed by atoms with Gasteiger partial charge in [0.25, 0.3) is 0 Å². The van der Waals surface area contributed by atoms with Crippen LogP contribution in [-0.4, -0.2) is 39.8 Å². The average Bonchev–Trinajstić information content (AvgIpc) is 2.86. The molecule has 7 nitrogen and oxygen atoms in total. The number of benzene rings is 3. The molecule has 0 aromatic heterocycles. The van der Waals surface area contributed by atoms with Crippen LogP contribution in [0.25, 0.3) is 0 Å². The van der Waals surface area contributed by atoms with Crippen LogP contribution >= 0.6 is 15.9 Å². The molecule has 3 aromatic rings. The maximum Gasteiger partial charge on any atom is 0.343 e. The lowest BCUT2D eigenvalue weighted by atomic mass is 10.1. The van der Waals surface area contributed by atoms with Crippen molar-refractivity contribution in [3.05, 3.63) is 81.8 Å². The fourth-order valence-corrected chi connectivity index (χ4v) is 3.96. The van der Waals surface area contributed by atoms with Crippen molar-refractivity contribution in [2.24, 2.45) is 0 Å². The van der Waals surface area contributed by atoms with Gasteiger partial charge in [-0.3, -0.25) is 4.79 Å². The van der Waals surface area contributed by atoms with Gasteiger partial charge in [-0.05, 0) is 63.8 Å². The molecule has 0 fully saturated rings. The van der Waals surface area contributed by atoms with Crippen molar-refractivity contribution >= 4 is 27.8 Å². The zero-order valence-electron chi connectivity index (χ0n) is 19.2. The third kappa shape index (κ3) is 6.29. The standard InChI is InChI=1S/C26H26BrNO6/c1-31-21-12-10-19(24(27)25(21)33-3)16-23(29)28-14-13-17-9-11-20(22(15-17)32-2)34-26(30)18-7-5-4-6-8-18/h4-12,15H,13-14,16H2,1-3H3,(H,28,29). The average molecular weight is 528 g/mol. The molecular weight excluding hydrogens is 502 g/mol. The Hall–Kier alpha value is -3.52. The van der Waals surface area contributed by atoms with E-state index in [9.17, 15) is 9.59 Å². The van der Waals surface area contributed by atoms with Gasteiger partial charge in [-0.2, -0.15) is 0 Å². The Morgan fingerprint density at radius 2 is 1.56 bits per heavy atom. The lowest BCUT2D eigenvalue weighted by Gasteiger charge is -2.13. The molecule has 1 amide bonds. The normalized spacial score (nSPS) is 10.4. The van der Waals surface area contributed by atoms with Crippen LogP contribution in [0, 0.1) is 0 Å². The minimum Gasteiger partial charge on any atom is -0.493 e. The Morgan fingerprint density at radius 1 is 0.853 bits per heavy atom. The molecule has 0 saturated heterocycles. The number of hydrogen-bond donors (Lipinski definition) is 1. The Morgan fingerprint density at radius 3 is 2.24 bits per heavy atom. The van der Waals surface area contributed by atoms with Crippen LogP contribution in [0.3, 0.4) is 0 Å². The Labute approximate surface area is 207 Å². The van der Waals surface area contributed by atoms with Crippen molar-refractivity contribution < 1.29 is 28.5 Å². The van der Waals surface area contributed by atoms with Crippen LogP contribution in [0.2, 0.25) is 0 Å². The maximum atomic E-state index is 12.5. The molecule has 0 radical (unpaired) electrons. The highest BCUT2D eigenvalue weighted by Gasteiger charge is 2.16. The molecule has 0 aliphatic rings. The quantitative estimate of drug-likeness (QED) is 0.306. The molecule has 3 aromatic carbocycles. The van der Waals surface area contributed by atoms with Crippen LogP contribution in [-0.2, 0) is 17.6 Å². The fourth-order valence-electron chi connectivity index (χ4n) is 3.33. The lowest BCUT2D eigenvalue weighted by molar-refractivity contribution is -0.120. The van der Waals surface area contributed by atoms with Gasteiger partial charge in [0.1, 0.15) is 0 Å². The predicted molar refractivity (Wildman–Crippen MR) is 132 cm³/mol. The molecule has 3 rings (SSSR count). The summed E-state index contributed by atoms with van der Waals surface area (Å²) in [4.78, 5) is 24.8. The summed E-state index contributed by atoms with van der Waals surface area (Å²) in [6, 6.07) is 17.7. The van der Waals surface area contributed by atoms with Gasteiger partial charge >= 0.3 is 5.97 Å². The second-order valence-electron chi connectivity index (χ2n) is 7.29. The Kier molecular flexibility index (Phi) is 8.93. The van der Waals surface area contributed by atoms with E-state index in [1.807, 2.05) is 18.2 Å². The van der Waals surface area contributed by atoms with Crippen molar-refractivity contribution in [3.8, 4) is 23.0 Å². The molecule has 0 unspecified atom stereocenters. The van der Waals surface area contributed by atoms with E-state index >= 15 is 0 Å². The molecule has 0 aliphatic carbocycles. The summed E-state index contributed by atoms with van der Waals surface area (Å²) in [6.45, 7) is 0.441. The summed E-state index contributed by atoms with van der Waals surface area (Å²) < 4.78 is 22.2. The first-order valence-electron chi connectivity index (χ1n) is 10.6. The molecule has 0 heterocycles. The third-order valence-electron chi connectivity index (χ3n) is 5.09. The highest BCUT2D eigenvalue weighted by molar-refractivity contribution is 9.10. The van der Waals surface area contributed by atoms with Crippen molar-refractivity contribution in [2.45, 2.75) is 12.8 Å².